The number of hydrogen-bond donors (Lipinski definition) is 2. The Hall–Kier alpha value is -2.33. The van der Waals surface area contributed by atoms with Crippen LogP contribution in [0.25, 0.3) is 0 Å². The molecule has 0 spiro atoms. The van der Waals surface area contributed by atoms with E-state index in [0.717, 1.165) is 4.90 Å². The second-order valence-corrected chi connectivity index (χ2v) is 10.1. The third kappa shape index (κ3) is 6.57. The first-order valence-corrected chi connectivity index (χ1v) is 12.2. The number of aromatic nitrogens is 2. The fourth-order valence-corrected chi connectivity index (χ4v) is 4.68. The number of hydrogen-bond acceptors (Lipinski definition) is 6. The first kappa shape index (κ1) is 23.3. The summed E-state index contributed by atoms with van der Waals surface area (Å²) in [7, 11) is -3.86. The highest BCUT2D eigenvalue weighted by Gasteiger charge is 2.19. The number of thioether (sulfide) groups is 1. The highest BCUT2D eigenvalue weighted by Crippen LogP contribution is 2.28. The molecule has 2 aromatic carbocycles. The molecule has 11 heteroatoms. The maximum Gasteiger partial charge on any atom is 0.263 e. The molecule has 1 heterocycles. The van der Waals surface area contributed by atoms with Gasteiger partial charge in [-0.05, 0) is 67.1 Å². The molecule has 0 radical (unpaired) electrons. The van der Waals surface area contributed by atoms with Gasteiger partial charge in [0, 0.05) is 15.6 Å². The van der Waals surface area contributed by atoms with Crippen molar-refractivity contribution in [3.63, 3.8) is 0 Å². The van der Waals surface area contributed by atoms with Gasteiger partial charge in [-0.2, -0.15) is 0 Å². The molecule has 7 nitrogen and oxygen atoms in total. The summed E-state index contributed by atoms with van der Waals surface area (Å²) in [5.41, 5.74) is 0.491. The van der Waals surface area contributed by atoms with Gasteiger partial charge >= 0.3 is 0 Å². The van der Waals surface area contributed by atoms with E-state index in [9.17, 15) is 13.2 Å². The van der Waals surface area contributed by atoms with Crippen molar-refractivity contribution in [2.45, 2.75) is 28.4 Å². The number of carbonyl (C=O) groups excluding carboxylic acids is 1. The van der Waals surface area contributed by atoms with Gasteiger partial charge < -0.3 is 5.32 Å². The Labute approximate surface area is 194 Å². The molecular formula is C20H18Cl2N4O3S2. The topological polar surface area (TPSA) is 101 Å². The van der Waals surface area contributed by atoms with Crippen LogP contribution in [0.15, 0.2) is 70.5 Å². The number of nitrogens with one attached hydrogen (secondary N) is 2. The van der Waals surface area contributed by atoms with Gasteiger partial charge in [0.05, 0.1) is 10.1 Å². The van der Waals surface area contributed by atoms with Crippen LogP contribution in [0.2, 0.25) is 10.2 Å². The maximum absolute atomic E-state index is 12.7. The molecule has 1 amide bonds. The lowest BCUT2D eigenvalue weighted by atomic mass is 10.3. The van der Waals surface area contributed by atoms with Gasteiger partial charge in [0.2, 0.25) is 5.91 Å². The molecular weight excluding hydrogens is 479 g/mol. The lowest BCUT2D eigenvalue weighted by Gasteiger charge is -2.15. The SMILES string of the molecule is CCC(Sc1ccc(Cl)cc1)C(=O)Nc1ccc(S(=O)(=O)Nc2ccc(Cl)nn2)cc1. The summed E-state index contributed by atoms with van der Waals surface area (Å²) in [5, 5.41) is 10.6. The van der Waals surface area contributed by atoms with Crippen molar-refractivity contribution in [2.24, 2.45) is 0 Å². The number of anilines is 2. The first-order valence-electron chi connectivity index (χ1n) is 9.12. The van der Waals surface area contributed by atoms with Gasteiger partial charge in [0.25, 0.3) is 10.0 Å². The van der Waals surface area contributed by atoms with Crippen molar-refractivity contribution < 1.29 is 13.2 Å². The Morgan fingerprint density at radius 2 is 1.68 bits per heavy atom. The maximum atomic E-state index is 12.7. The smallest absolute Gasteiger partial charge is 0.263 e. The third-order valence-electron chi connectivity index (χ3n) is 4.06. The van der Waals surface area contributed by atoms with E-state index >= 15 is 0 Å². The number of carbonyl (C=O) groups is 1. The Kier molecular flexibility index (Phi) is 7.77. The largest absolute Gasteiger partial charge is 0.325 e. The van der Waals surface area contributed by atoms with Crippen LogP contribution in [-0.2, 0) is 14.8 Å². The van der Waals surface area contributed by atoms with E-state index < -0.39 is 10.0 Å². The predicted molar refractivity (Wildman–Crippen MR) is 124 cm³/mol. The van der Waals surface area contributed by atoms with Gasteiger partial charge in [-0.15, -0.1) is 22.0 Å². The van der Waals surface area contributed by atoms with Gasteiger partial charge in [-0.3, -0.25) is 9.52 Å². The standard InChI is InChI=1S/C20H18Cl2N4O3S2/c1-2-17(30-15-7-3-13(21)4-8-15)20(27)23-14-5-9-16(10-6-14)31(28,29)26-19-12-11-18(22)24-25-19/h3-12,17H,2H2,1H3,(H,23,27)(H,25,26). The Bertz CT molecular complexity index is 1140. The summed E-state index contributed by atoms with van der Waals surface area (Å²) in [4.78, 5) is 13.6. The minimum Gasteiger partial charge on any atom is -0.325 e. The van der Waals surface area contributed by atoms with Gasteiger partial charge in [0.1, 0.15) is 0 Å². The zero-order valence-electron chi connectivity index (χ0n) is 16.2. The van der Waals surface area contributed by atoms with E-state index in [1.807, 2.05) is 19.1 Å². The predicted octanol–water partition coefficient (Wildman–Crippen LogP) is 5.09. The average molecular weight is 497 g/mol. The summed E-state index contributed by atoms with van der Waals surface area (Å²) in [6.45, 7) is 1.92. The molecule has 0 saturated heterocycles. The van der Waals surface area contributed by atoms with Crippen molar-refractivity contribution in [3.05, 3.63) is 70.8 Å². The first-order chi connectivity index (χ1) is 14.8. The summed E-state index contributed by atoms with van der Waals surface area (Å²) in [5.74, 6) is -0.126. The van der Waals surface area contributed by atoms with Crippen molar-refractivity contribution in [3.8, 4) is 0 Å². The normalized spacial score (nSPS) is 12.2. The van der Waals surface area contributed by atoms with Crippen molar-refractivity contribution in [1.29, 1.82) is 0 Å². The number of benzene rings is 2. The monoisotopic (exact) mass is 496 g/mol. The number of nitrogens with zero attached hydrogens (tertiary/aromatic N) is 2. The number of amides is 1. The molecule has 2 N–H and O–H groups in total. The number of halogens is 2. The molecule has 3 aromatic rings. The highest BCUT2D eigenvalue weighted by atomic mass is 35.5. The number of rotatable bonds is 8. The Morgan fingerprint density at radius 3 is 2.26 bits per heavy atom. The van der Waals surface area contributed by atoms with Crippen molar-refractivity contribution in [2.75, 3.05) is 10.0 Å². The van der Waals surface area contributed by atoms with Crippen LogP contribution in [-0.4, -0.2) is 29.8 Å². The molecule has 0 saturated carbocycles. The molecule has 3 rings (SSSR count). The quantitative estimate of drug-likeness (QED) is 0.421. The molecule has 1 atom stereocenters. The molecule has 0 aliphatic carbocycles. The van der Waals surface area contributed by atoms with Gasteiger partial charge in [-0.25, -0.2) is 8.42 Å². The van der Waals surface area contributed by atoms with Crippen LogP contribution in [0.3, 0.4) is 0 Å². The van der Waals surface area contributed by atoms with Gasteiger partial charge in [0.15, 0.2) is 11.0 Å². The fraction of sp³-hybridized carbons (Fsp3) is 0.150. The molecule has 1 aromatic heterocycles. The zero-order valence-corrected chi connectivity index (χ0v) is 19.4. The minimum absolute atomic E-state index is 0.0184. The Morgan fingerprint density at radius 1 is 1.00 bits per heavy atom. The molecule has 0 aliphatic rings. The molecule has 0 bridgehead atoms. The zero-order chi connectivity index (χ0) is 22.4. The van der Waals surface area contributed by atoms with Crippen LogP contribution in [0.5, 0.6) is 0 Å². The van der Waals surface area contributed by atoms with Gasteiger partial charge in [-0.1, -0.05) is 30.1 Å². The van der Waals surface area contributed by atoms with E-state index in [4.69, 9.17) is 23.2 Å². The number of sulfonamides is 1. The second kappa shape index (κ2) is 10.3. The van der Waals surface area contributed by atoms with E-state index in [0.29, 0.717) is 17.1 Å². The lowest BCUT2D eigenvalue weighted by molar-refractivity contribution is -0.115. The van der Waals surface area contributed by atoms with Crippen molar-refractivity contribution in [1.82, 2.24) is 10.2 Å². The minimum atomic E-state index is -3.86. The molecule has 1 unspecified atom stereocenters. The molecule has 0 aliphatic heterocycles. The van der Waals surface area contributed by atoms with E-state index in [2.05, 4.69) is 20.2 Å². The van der Waals surface area contributed by atoms with E-state index in [1.54, 1.807) is 12.1 Å². The summed E-state index contributed by atoms with van der Waals surface area (Å²) in [6, 6.07) is 16.0. The molecule has 31 heavy (non-hydrogen) atoms. The van der Waals surface area contributed by atoms with E-state index in [-0.39, 0.29) is 27.0 Å². The highest BCUT2D eigenvalue weighted by molar-refractivity contribution is 8.00. The van der Waals surface area contributed by atoms with Crippen molar-refractivity contribution >= 4 is 62.4 Å². The summed E-state index contributed by atoms with van der Waals surface area (Å²) >= 11 is 13.0. The summed E-state index contributed by atoms with van der Waals surface area (Å²) < 4.78 is 27.3. The molecule has 0 fully saturated rings. The third-order valence-corrected chi connectivity index (χ3v) is 7.26. The second-order valence-electron chi connectivity index (χ2n) is 6.33. The van der Waals surface area contributed by atoms with Crippen LogP contribution in [0.4, 0.5) is 11.5 Å². The lowest BCUT2D eigenvalue weighted by Crippen LogP contribution is -2.24. The average Bonchev–Trinajstić information content (AvgIpc) is 2.75. The van der Waals surface area contributed by atoms with E-state index in [1.165, 1.54) is 48.2 Å². The Balaban J connectivity index is 1.65. The van der Waals surface area contributed by atoms with Crippen LogP contribution in [0.1, 0.15) is 13.3 Å². The fourth-order valence-electron chi connectivity index (χ4n) is 2.51. The molecule has 162 valence electrons. The van der Waals surface area contributed by atoms with Crippen LogP contribution < -0.4 is 10.0 Å². The van der Waals surface area contributed by atoms with Crippen LogP contribution in [0, 0.1) is 0 Å². The summed E-state index contributed by atoms with van der Waals surface area (Å²) in [6.07, 6.45) is 0.623. The van der Waals surface area contributed by atoms with Crippen LogP contribution >= 0.6 is 35.0 Å².